The monoisotopic (exact) mass is 309 g/mol. The van der Waals surface area contributed by atoms with Gasteiger partial charge in [0.25, 0.3) is 0 Å². The van der Waals surface area contributed by atoms with Crippen LogP contribution in [0.4, 0.5) is 0 Å². The van der Waals surface area contributed by atoms with Gasteiger partial charge in [-0.2, -0.15) is 0 Å². The molecule has 23 heavy (non-hydrogen) atoms. The van der Waals surface area contributed by atoms with Crippen LogP contribution in [0.15, 0.2) is 36.7 Å². The number of aromatic nitrogens is 2. The molecule has 4 rings (SSSR count). The molecule has 0 radical (unpaired) electrons. The Hall–Kier alpha value is -2.10. The summed E-state index contributed by atoms with van der Waals surface area (Å²) in [6.45, 7) is 0.850. The van der Waals surface area contributed by atoms with E-state index in [0.29, 0.717) is 12.3 Å². The molecular weight excluding hydrogens is 286 g/mol. The number of hydrogen-bond donors (Lipinski definition) is 1. The van der Waals surface area contributed by atoms with Gasteiger partial charge in [-0.1, -0.05) is 24.3 Å². The lowest BCUT2D eigenvalue weighted by Crippen LogP contribution is -2.41. The fourth-order valence-corrected chi connectivity index (χ4v) is 4.06. The van der Waals surface area contributed by atoms with Gasteiger partial charge < -0.3 is 9.88 Å². The van der Waals surface area contributed by atoms with Crippen molar-refractivity contribution in [1.29, 1.82) is 0 Å². The Labute approximate surface area is 136 Å². The number of amides is 1. The second-order valence-corrected chi connectivity index (χ2v) is 6.79. The molecule has 4 heteroatoms. The first-order valence-corrected chi connectivity index (χ1v) is 8.67. The third-order valence-corrected chi connectivity index (χ3v) is 5.23. The maximum Gasteiger partial charge on any atom is 0.220 e. The van der Waals surface area contributed by atoms with Crippen molar-refractivity contribution in [2.45, 2.75) is 57.0 Å². The summed E-state index contributed by atoms with van der Waals surface area (Å²) in [4.78, 5) is 16.8. The summed E-state index contributed by atoms with van der Waals surface area (Å²) < 4.78 is 2.16. The number of fused-ring (bicyclic) bond motifs is 2. The van der Waals surface area contributed by atoms with E-state index in [-0.39, 0.29) is 11.9 Å². The maximum absolute atomic E-state index is 12.5. The van der Waals surface area contributed by atoms with Gasteiger partial charge in [-0.05, 0) is 42.7 Å². The van der Waals surface area contributed by atoms with E-state index in [0.717, 1.165) is 38.1 Å². The van der Waals surface area contributed by atoms with E-state index in [1.54, 1.807) is 0 Å². The van der Waals surface area contributed by atoms with Gasteiger partial charge in [-0.15, -0.1) is 0 Å². The van der Waals surface area contributed by atoms with Crippen LogP contribution in [0, 0.1) is 0 Å². The zero-order valence-corrected chi connectivity index (χ0v) is 13.4. The van der Waals surface area contributed by atoms with Crippen molar-refractivity contribution in [2.24, 2.45) is 0 Å². The summed E-state index contributed by atoms with van der Waals surface area (Å²) >= 11 is 0. The molecule has 1 aromatic carbocycles. The van der Waals surface area contributed by atoms with Gasteiger partial charge >= 0.3 is 0 Å². The minimum absolute atomic E-state index is 0.195. The number of benzene rings is 1. The zero-order valence-electron chi connectivity index (χ0n) is 13.4. The number of rotatable bonds is 3. The lowest BCUT2D eigenvalue weighted by molar-refractivity contribution is -0.122. The minimum atomic E-state index is 0.195. The Bertz CT molecular complexity index is 706. The fraction of sp³-hybridized carbons (Fsp3) is 0.474. The highest BCUT2D eigenvalue weighted by molar-refractivity contribution is 5.77. The fourth-order valence-electron chi connectivity index (χ4n) is 4.06. The molecule has 120 valence electrons. The summed E-state index contributed by atoms with van der Waals surface area (Å²) in [7, 11) is 0. The normalized spacial score (nSPS) is 23.0. The molecule has 0 unspecified atom stereocenters. The number of carbonyl (C=O) groups is 1. The van der Waals surface area contributed by atoms with Crippen molar-refractivity contribution in [3.8, 4) is 0 Å². The van der Waals surface area contributed by atoms with Gasteiger partial charge in [-0.3, -0.25) is 4.79 Å². The Morgan fingerprint density at radius 2 is 2.17 bits per heavy atom. The van der Waals surface area contributed by atoms with Crippen LogP contribution in [-0.2, 0) is 24.2 Å². The van der Waals surface area contributed by atoms with Crippen molar-refractivity contribution in [2.75, 3.05) is 0 Å². The SMILES string of the molecule is O=C(C[C@@H]1CCCc2ccccc21)N[C@@H]1CCc2nccn2C1. The highest BCUT2D eigenvalue weighted by Gasteiger charge is 2.25. The third kappa shape index (κ3) is 3.03. The van der Waals surface area contributed by atoms with Crippen LogP contribution in [0.2, 0.25) is 0 Å². The van der Waals surface area contributed by atoms with Gasteiger partial charge in [0, 0.05) is 37.8 Å². The van der Waals surface area contributed by atoms with Crippen LogP contribution in [0.1, 0.15) is 48.6 Å². The van der Waals surface area contributed by atoms with Crippen molar-refractivity contribution in [3.05, 3.63) is 53.6 Å². The molecule has 0 fully saturated rings. The first-order chi connectivity index (χ1) is 11.3. The molecule has 1 N–H and O–H groups in total. The number of imidazole rings is 1. The molecule has 0 saturated heterocycles. The van der Waals surface area contributed by atoms with E-state index < -0.39 is 0 Å². The van der Waals surface area contributed by atoms with Crippen LogP contribution in [-0.4, -0.2) is 21.5 Å². The molecule has 2 heterocycles. The summed E-state index contributed by atoms with van der Waals surface area (Å²) in [6.07, 6.45) is 9.87. The zero-order chi connectivity index (χ0) is 15.6. The van der Waals surface area contributed by atoms with Gasteiger partial charge in [0.05, 0.1) is 0 Å². The summed E-state index contributed by atoms with van der Waals surface area (Å²) in [5, 5.41) is 3.24. The standard InChI is InChI=1S/C19H23N3O/c23-19(21-16-8-9-18-20-10-11-22(18)13-16)12-15-6-3-5-14-4-1-2-7-17(14)15/h1-2,4,7,10-11,15-16H,3,5-6,8-9,12-13H2,(H,21,23)/t15-,16+/m0/s1. The lowest BCUT2D eigenvalue weighted by Gasteiger charge is -2.28. The predicted molar refractivity (Wildman–Crippen MR) is 89.2 cm³/mol. The highest BCUT2D eigenvalue weighted by atomic mass is 16.1. The van der Waals surface area contributed by atoms with Crippen LogP contribution in [0.25, 0.3) is 0 Å². The van der Waals surface area contributed by atoms with E-state index in [1.165, 1.54) is 17.5 Å². The number of aryl methyl sites for hydroxylation is 2. The van der Waals surface area contributed by atoms with Crippen molar-refractivity contribution < 1.29 is 4.79 Å². The molecule has 2 aromatic rings. The Morgan fingerprint density at radius 1 is 1.26 bits per heavy atom. The molecule has 4 nitrogen and oxygen atoms in total. The minimum Gasteiger partial charge on any atom is -0.352 e. The highest BCUT2D eigenvalue weighted by Crippen LogP contribution is 2.33. The Kier molecular flexibility index (Phi) is 3.90. The van der Waals surface area contributed by atoms with Gasteiger partial charge in [0.2, 0.25) is 5.91 Å². The molecule has 1 amide bonds. The largest absolute Gasteiger partial charge is 0.352 e. The van der Waals surface area contributed by atoms with Crippen molar-refractivity contribution in [3.63, 3.8) is 0 Å². The van der Waals surface area contributed by atoms with E-state index in [9.17, 15) is 4.79 Å². The van der Waals surface area contributed by atoms with Crippen LogP contribution < -0.4 is 5.32 Å². The Balaban J connectivity index is 1.38. The van der Waals surface area contributed by atoms with E-state index in [2.05, 4.69) is 39.1 Å². The van der Waals surface area contributed by atoms with Gasteiger partial charge in [0.1, 0.15) is 5.82 Å². The molecule has 2 aliphatic rings. The second kappa shape index (κ2) is 6.19. The van der Waals surface area contributed by atoms with Crippen LogP contribution in [0.3, 0.4) is 0 Å². The number of hydrogen-bond acceptors (Lipinski definition) is 2. The average Bonchev–Trinajstić information content (AvgIpc) is 3.03. The van der Waals surface area contributed by atoms with E-state index >= 15 is 0 Å². The summed E-state index contributed by atoms with van der Waals surface area (Å²) in [5.74, 6) is 1.71. The topological polar surface area (TPSA) is 46.9 Å². The molecule has 0 spiro atoms. The van der Waals surface area contributed by atoms with Crippen LogP contribution >= 0.6 is 0 Å². The van der Waals surface area contributed by atoms with Crippen molar-refractivity contribution >= 4 is 5.91 Å². The lowest BCUT2D eigenvalue weighted by atomic mass is 9.81. The summed E-state index contributed by atoms with van der Waals surface area (Å²) in [6, 6.07) is 8.84. The second-order valence-electron chi connectivity index (χ2n) is 6.79. The van der Waals surface area contributed by atoms with Crippen LogP contribution in [0.5, 0.6) is 0 Å². The Morgan fingerprint density at radius 3 is 3.13 bits per heavy atom. The maximum atomic E-state index is 12.5. The average molecular weight is 309 g/mol. The third-order valence-electron chi connectivity index (χ3n) is 5.23. The smallest absolute Gasteiger partial charge is 0.220 e. The molecule has 1 aliphatic heterocycles. The molecule has 0 bridgehead atoms. The predicted octanol–water partition coefficient (Wildman–Crippen LogP) is 2.82. The summed E-state index contributed by atoms with van der Waals surface area (Å²) in [5.41, 5.74) is 2.81. The number of carbonyl (C=O) groups excluding carboxylic acids is 1. The molecule has 2 atom stereocenters. The molecule has 0 saturated carbocycles. The number of nitrogens with one attached hydrogen (secondary N) is 1. The first kappa shape index (κ1) is 14.5. The van der Waals surface area contributed by atoms with E-state index in [4.69, 9.17) is 0 Å². The molecular formula is C19H23N3O. The quantitative estimate of drug-likeness (QED) is 0.947. The molecule has 1 aliphatic carbocycles. The van der Waals surface area contributed by atoms with Gasteiger partial charge in [0.15, 0.2) is 0 Å². The molecule has 1 aromatic heterocycles. The van der Waals surface area contributed by atoms with Gasteiger partial charge in [-0.25, -0.2) is 4.98 Å². The number of nitrogens with zero attached hydrogens (tertiary/aromatic N) is 2. The first-order valence-electron chi connectivity index (χ1n) is 8.67. The van der Waals surface area contributed by atoms with Crippen molar-refractivity contribution in [1.82, 2.24) is 14.9 Å². The van der Waals surface area contributed by atoms with E-state index in [1.807, 2.05) is 12.4 Å².